The fourth-order valence-electron chi connectivity index (χ4n) is 2.64. The molecule has 0 fully saturated rings. The maximum absolute atomic E-state index is 12.6. The van der Waals surface area contributed by atoms with Gasteiger partial charge in [-0.15, -0.1) is 0 Å². The first-order valence-corrected chi connectivity index (χ1v) is 9.45. The number of imidazole rings is 1. The molecule has 0 aliphatic carbocycles. The third kappa shape index (κ3) is 5.22. The molecule has 0 bridgehead atoms. The molecule has 0 aliphatic rings. The molecule has 0 atom stereocenters. The summed E-state index contributed by atoms with van der Waals surface area (Å²) in [6, 6.07) is 5.28. The average molecular weight is 451 g/mol. The highest BCUT2D eigenvalue weighted by Crippen LogP contribution is 2.29. The Labute approximate surface area is 154 Å². The average Bonchev–Trinajstić information content (AvgIpc) is 2.91. The molecule has 1 aromatic heterocycles. The third-order valence-corrected chi connectivity index (χ3v) is 5.20. The van der Waals surface area contributed by atoms with Gasteiger partial charge in [-0.25, -0.2) is 4.57 Å². The lowest BCUT2D eigenvalue weighted by molar-refractivity contribution is -0.709. The number of hydrogen-bond acceptors (Lipinski definition) is 0. The smallest absolute Gasteiger partial charge is 0.225 e. The Kier molecular flexibility index (Phi) is 7.13. The van der Waals surface area contributed by atoms with E-state index in [2.05, 4.69) is 34.1 Å². The monoisotopic (exact) mass is 451 g/mol. The van der Waals surface area contributed by atoms with Gasteiger partial charge in [-0.2, -0.15) is 17.7 Å². The molecule has 0 N–H and O–H groups in total. The lowest BCUT2D eigenvalue weighted by atomic mass is 10.1. The Morgan fingerprint density at radius 1 is 1.00 bits per heavy atom. The molecule has 0 radical (unpaired) electrons. The van der Waals surface area contributed by atoms with Gasteiger partial charge in [0, 0.05) is 0 Å². The van der Waals surface area contributed by atoms with Crippen molar-refractivity contribution in [2.24, 2.45) is 0 Å². The number of benzene rings is 1. The molecule has 0 aliphatic heterocycles. The van der Waals surface area contributed by atoms with Crippen molar-refractivity contribution in [1.29, 1.82) is 0 Å². The predicted octanol–water partition coefficient (Wildman–Crippen LogP) is 5.75. The van der Waals surface area contributed by atoms with Gasteiger partial charge in [0.2, 0.25) is 0 Å². The van der Waals surface area contributed by atoms with Crippen molar-refractivity contribution in [3.63, 3.8) is 0 Å². The largest absolute Gasteiger partial charge is 0.416 e. The molecule has 24 heavy (non-hydrogen) atoms. The predicted molar refractivity (Wildman–Crippen MR) is 97.1 cm³/mol. The van der Waals surface area contributed by atoms with Gasteiger partial charge >= 0.3 is 10.0 Å². The van der Waals surface area contributed by atoms with Crippen molar-refractivity contribution in [2.75, 3.05) is 0 Å². The van der Waals surface area contributed by atoms with E-state index in [1.807, 2.05) is 17.0 Å². The molecule has 0 saturated carbocycles. The standard InChI is InChI=1S/C18H23F3IN2/c1-2-3-4-5-6-7-12-23-13-14-24(17(23)22)16-10-8-15(9-11-16)18(19,20)21/h8-11,13-14H,2-7,12H2,1H3/q+1. The third-order valence-electron chi connectivity index (χ3n) is 4.06. The van der Waals surface area contributed by atoms with Gasteiger partial charge in [0.05, 0.1) is 34.7 Å². The molecule has 2 rings (SSSR count). The highest BCUT2D eigenvalue weighted by atomic mass is 127. The molecule has 6 heteroatoms. The minimum atomic E-state index is -4.29. The summed E-state index contributed by atoms with van der Waals surface area (Å²) in [6.45, 7) is 3.15. The van der Waals surface area contributed by atoms with E-state index in [1.54, 1.807) is 0 Å². The van der Waals surface area contributed by atoms with E-state index >= 15 is 0 Å². The van der Waals surface area contributed by atoms with Crippen LogP contribution in [0.1, 0.15) is 51.0 Å². The van der Waals surface area contributed by atoms with Crippen molar-refractivity contribution >= 4 is 22.6 Å². The Morgan fingerprint density at radius 3 is 2.25 bits per heavy atom. The van der Waals surface area contributed by atoms with Gasteiger partial charge in [0.25, 0.3) is 0 Å². The van der Waals surface area contributed by atoms with E-state index in [9.17, 15) is 13.2 Å². The van der Waals surface area contributed by atoms with Crippen LogP contribution < -0.4 is 4.57 Å². The molecule has 0 unspecified atom stereocenters. The van der Waals surface area contributed by atoms with Crippen molar-refractivity contribution in [3.8, 4) is 5.69 Å². The van der Waals surface area contributed by atoms with Crippen molar-refractivity contribution < 1.29 is 17.7 Å². The number of hydrogen-bond donors (Lipinski definition) is 0. The van der Waals surface area contributed by atoms with Crippen LogP contribution in [0.15, 0.2) is 36.7 Å². The number of aryl methyl sites for hydroxylation is 1. The summed E-state index contributed by atoms with van der Waals surface area (Å²) in [6.07, 6.45) is 7.07. The molecule has 1 heterocycles. The van der Waals surface area contributed by atoms with Gasteiger partial charge in [-0.05, 0) is 37.1 Å². The van der Waals surface area contributed by atoms with Crippen molar-refractivity contribution in [2.45, 2.75) is 58.2 Å². The Morgan fingerprint density at radius 2 is 1.62 bits per heavy atom. The fraction of sp³-hybridized carbons (Fsp3) is 0.500. The van der Waals surface area contributed by atoms with E-state index < -0.39 is 11.7 Å². The van der Waals surface area contributed by atoms with Crippen LogP contribution in [-0.2, 0) is 12.7 Å². The molecule has 0 spiro atoms. The molecule has 0 amide bonds. The normalized spacial score (nSPS) is 11.9. The van der Waals surface area contributed by atoms with E-state index in [4.69, 9.17) is 0 Å². The quantitative estimate of drug-likeness (QED) is 0.275. The first-order valence-electron chi connectivity index (χ1n) is 8.37. The summed E-state index contributed by atoms with van der Waals surface area (Å²) in [5, 5.41) is 0. The summed E-state index contributed by atoms with van der Waals surface area (Å²) in [5.74, 6) is 0. The Bertz CT molecular complexity index is 633. The maximum Gasteiger partial charge on any atom is 0.416 e. The SMILES string of the molecule is CCCCCCCC[n+]1ccn(-c2ccc(C(F)(F)F)cc2)c1I. The van der Waals surface area contributed by atoms with Crippen LogP contribution in [0.3, 0.4) is 0 Å². The van der Waals surface area contributed by atoms with Crippen LogP contribution in [0.2, 0.25) is 0 Å². The lowest BCUT2D eigenvalue weighted by Crippen LogP contribution is -2.35. The highest BCUT2D eigenvalue weighted by Gasteiger charge is 2.30. The van der Waals surface area contributed by atoms with Gasteiger partial charge < -0.3 is 0 Å². The molecule has 132 valence electrons. The van der Waals surface area contributed by atoms with Crippen molar-refractivity contribution in [3.05, 3.63) is 46.1 Å². The first kappa shape index (κ1) is 19.3. The van der Waals surface area contributed by atoms with Gasteiger partial charge in [-0.1, -0.05) is 32.6 Å². The minimum absolute atomic E-state index is 0.617. The van der Waals surface area contributed by atoms with Crippen molar-refractivity contribution in [1.82, 2.24) is 4.57 Å². The summed E-state index contributed by atoms with van der Waals surface area (Å²) < 4.78 is 43.0. The number of halogens is 4. The van der Waals surface area contributed by atoms with Crippen LogP contribution in [-0.4, -0.2) is 4.57 Å². The first-order chi connectivity index (χ1) is 11.4. The van der Waals surface area contributed by atoms with Crippen LogP contribution in [0, 0.1) is 3.83 Å². The van der Waals surface area contributed by atoms with E-state index in [0.717, 1.165) is 34.6 Å². The van der Waals surface area contributed by atoms with Crippen LogP contribution >= 0.6 is 22.6 Å². The van der Waals surface area contributed by atoms with Crippen LogP contribution in [0.4, 0.5) is 13.2 Å². The number of unbranched alkanes of at least 4 members (excludes halogenated alkanes) is 5. The Hall–Kier alpha value is -1.05. The molecular weight excluding hydrogens is 428 g/mol. The minimum Gasteiger partial charge on any atom is -0.225 e. The maximum atomic E-state index is 12.6. The number of alkyl halides is 3. The van der Waals surface area contributed by atoms with E-state index in [0.29, 0.717) is 0 Å². The van der Waals surface area contributed by atoms with E-state index in [-0.39, 0.29) is 0 Å². The fourth-order valence-corrected chi connectivity index (χ4v) is 3.48. The Balaban J connectivity index is 1.97. The van der Waals surface area contributed by atoms with E-state index in [1.165, 1.54) is 44.2 Å². The second-order valence-electron chi connectivity index (χ2n) is 5.94. The zero-order valence-electron chi connectivity index (χ0n) is 13.8. The summed E-state index contributed by atoms with van der Waals surface area (Å²) >= 11 is 2.24. The summed E-state index contributed by atoms with van der Waals surface area (Å²) in [4.78, 5) is 0. The molecule has 1 aromatic carbocycles. The zero-order valence-corrected chi connectivity index (χ0v) is 16.0. The van der Waals surface area contributed by atoms with Gasteiger partial charge in [-0.3, -0.25) is 0 Å². The van der Waals surface area contributed by atoms with Gasteiger partial charge in [0.1, 0.15) is 18.1 Å². The number of rotatable bonds is 8. The second kappa shape index (κ2) is 8.87. The molecule has 2 aromatic rings. The van der Waals surface area contributed by atoms with Crippen LogP contribution in [0.5, 0.6) is 0 Å². The zero-order chi connectivity index (χ0) is 17.6. The highest BCUT2D eigenvalue weighted by molar-refractivity contribution is 14.1. The molecule has 0 saturated heterocycles. The summed E-state index contributed by atoms with van der Waals surface area (Å²) in [7, 11) is 0. The summed E-state index contributed by atoms with van der Waals surface area (Å²) in [5.41, 5.74) is 0.127. The number of aromatic nitrogens is 2. The number of nitrogens with zero attached hydrogens (tertiary/aromatic N) is 2. The lowest BCUT2D eigenvalue weighted by Gasteiger charge is -2.06. The topological polar surface area (TPSA) is 8.81 Å². The molecular formula is C18H23F3IN2+. The van der Waals surface area contributed by atoms with Gasteiger partial charge in [0.15, 0.2) is 0 Å². The molecule has 2 nitrogen and oxygen atoms in total. The van der Waals surface area contributed by atoms with Crippen LogP contribution in [0.25, 0.3) is 5.69 Å². The second-order valence-corrected chi connectivity index (χ2v) is 6.91.